The third-order valence-corrected chi connectivity index (χ3v) is 5.49. The predicted molar refractivity (Wildman–Crippen MR) is 103 cm³/mol. The van der Waals surface area contributed by atoms with Crippen LogP contribution in [0.4, 0.5) is 0 Å². The van der Waals surface area contributed by atoms with Gasteiger partial charge in [-0.15, -0.1) is 0 Å². The molecule has 0 aromatic heterocycles. The molecule has 1 saturated heterocycles. The molecule has 26 heavy (non-hydrogen) atoms. The van der Waals surface area contributed by atoms with Gasteiger partial charge < -0.3 is 18.8 Å². The summed E-state index contributed by atoms with van der Waals surface area (Å²) in [4.78, 5) is 0. The average Bonchev–Trinajstić information content (AvgIpc) is 3.08. The van der Waals surface area contributed by atoms with E-state index in [0.717, 1.165) is 22.5 Å². The van der Waals surface area contributed by atoms with Gasteiger partial charge in [-0.3, -0.25) is 0 Å². The topological polar surface area (TPSA) is 36.9 Å². The first-order chi connectivity index (χ1) is 12.3. The van der Waals surface area contributed by atoms with Crippen LogP contribution in [0.5, 0.6) is 11.5 Å². The average molecular weight is 348 g/mol. The van der Waals surface area contributed by atoms with Crippen LogP contribution in [0.1, 0.15) is 39.4 Å². The van der Waals surface area contributed by atoms with Crippen LogP contribution in [0.3, 0.4) is 0 Å². The molecule has 0 N–H and O–H groups in total. The van der Waals surface area contributed by atoms with E-state index in [1.807, 2.05) is 70.2 Å². The van der Waals surface area contributed by atoms with Gasteiger partial charge in [0, 0.05) is 5.56 Å². The Morgan fingerprint density at radius 2 is 1.65 bits per heavy atom. The van der Waals surface area contributed by atoms with Crippen LogP contribution in [0.25, 0.3) is 0 Å². The van der Waals surface area contributed by atoms with Gasteiger partial charge in [0.05, 0.1) is 11.2 Å². The highest BCUT2D eigenvalue weighted by Gasteiger charge is 2.51. The summed E-state index contributed by atoms with van der Waals surface area (Å²) in [5.74, 6) is 1.50. The molecule has 2 radical (unpaired) electrons. The second-order valence-corrected chi connectivity index (χ2v) is 7.84. The van der Waals surface area contributed by atoms with E-state index in [2.05, 4.69) is 0 Å². The fourth-order valence-electron chi connectivity index (χ4n) is 3.19. The zero-order chi connectivity index (χ0) is 18.5. The molecule has 1 fully saturated rings. The highest BCUT2D eigenvalue weighted by atomic mass is 16.7. The first-order valence-corrected chi connectivity index (χ1v) is 8.90. The molecule has 4 nitrogen and oxygen atoms in total. The van der Waals surface area contributed by atoms with Crippen molar-refractivity contribution in [1.82, 2.24) is 0 Å². The number of para-hydroxylation sites is 1. The molecular weight excluding hydrogens is 326 g/mol. The number of rotatable bonds is 3. The van der Waals surface area contributed by atoms with E-state index < -0.39 is 0 Å². The first-order valence-electron chi connectivity index (χ1n) is 8.90. The molecule has 0 saturated carbocycles. The molecule has 2 aliphatic rings. The fourth-order valence-corrected chi connectivity index (χ4v) is 3.19. The van der Waals surface area contributed by atoms with Gasteiger partial charge in [0.2, 0.25) is 0 Å². The Morgan fingerprint density at radius 1 is 1.00 bits per heavy atom. The van der Waals surface area contributed by atoms with E-state index in [-0.39, 0.29) is 24.4 Å². The zero-order valence-corrected chi connectivity index (χ0v) is 15.6. The molecule has 0 aliphatic carbocycles. The molecule has 2 aliphatic heterocycles. The molecule has 0 spiro atoms. The molecule has 1 unspecified atom stereocenters. The summed E-state index contributed by atoms with van der Waals surface area (Å²) in [5.41, 5.74) is 1.91. The van der Waals surface area contributed by atoms with E-state index in [1.165, 1.54) is 0 Å². The highest BCUT2D eigenvalue weighted by molar-refractivity contribution is 6.62. The molecular formula is C20H22B2O4. The Labute approximate surface area is 156 Å². The van der Waals surface area contributed by atoms with Crippen LogP contribution in [0, 0.1) is 0 Å². The van der Waals surface area contributed by atoms with Gasteiger partial charge in [0.25, 0.3) is 0 Å². The summed E-state index contributed by atoms with van der Waals surface area (Å²) in [6.07, 6.45) is -0.156. The maximum absolute atomic E-state index is 6.09. The van der Waals surface area contributed by atoms with Crippen molar-refractivity contribution in [1.29, 1.82) is 0 Å². The maximum atomic E-state index is 6.09. The van der Waals surface area contributed by atoms with Crippen LogP contribution >= 0.6 is 0 Å². The van der Waals surface area contributed by atoms with Crippen LogP contribution < -0.4 is 20.4 Å². The second-order valence-electron chi connectivity index (χ2n) is 7.84. The smallest absolute Gasteiger partial charge is 0.490 e. The Bertz CT molecular complexity index is 801. The summed E-state index contributed by atoms with van der Waals surface area (Å²) in [5, 5.41) is 0. The normalized spacial score (nSPS) is 22.8. The molecule has 2 aromatic rings. The number of ether oxygens (including phenoxy) is 2. The predicted octanol–water partition coefficient (Wildman–Crippen LogP) is 2.29. The number of fused-ring (bicyclic) bond motifs is 1. The van der Waals surface area contributed by atoms with Crippen LogP contribution in [-0.2, 0) is 9.31 Å². The Kier molecular flexibility index (Phi) is 4.08. The summed E-state index contributed by atoms with van der Waals surface area (Å²) in [7, 11) is 5.58. The lowest BCUT2D eigenvalue weighted by atomic mass is 9.79. The minimum absolute atomic E-state index is 0.156. The van der Waals surface area contributed by atoms with Gasteiger partial charge in [-0.2, -0.15) is 0 Å². The maximum Gasteiger partial charge on any atom is 0.494 e. The van der Waals surface area contributed by atoms with Crippen molar-refractivity contribution in [2.24, 2.45) is 0 Å². The minimum atomic E-state index is -0.371. The van der Waals surface area contributed by atoms with Crippen molar-refractivity contribution in [2.45, 2.75) is 45.0 Å². The van der Waals surface area contributed by atoms with Gasteiger partial charge in [-0.1, -0.05) is 35.8 Å². The van der Waals surface area contributed by atoms with Gasteiger partial charge in [-0.05, 0) is 45.3 Å². The monoisotopic (exact) mass is 348 g/mol. The third-order valence-electron chi connectivity index (χ3n) is 5.49. The van der Waals surface area contributed by atoms with Crippen molar-refractivity contribution >= 4 is 25.9 Å². The van der Waals surface area contributed by atoms with Crippen molar-refractivity contribution < 1.29 is 18.8 Å². The third kappa shape index (κ3) is 2.91. The highest BCUT2D eigenvalue weighted by Crippen LogP contribution is 2.37. The van der Waals surface area contributed by atoms with Crippen molar-refractivity contribution in [3.8, 4) is 11.5 Å². The standard InChI is InChI=1S/C20H22B2O4/c1-19(2)20(3,4)26-22(25-19)13-8-10-14(11-9-13)24-17-12-23-18-15(17)6-5-7-16(18)21/h5-11,17H,12H2,1-4H3. The molecule has 2 aromatic carbocycles. The number of hydrogen-bond donors (Lipinski definition) is 0. The summed E-state index contributed by atoms with van der Waals surface area (Å²) >= 11 is 0. The largest absolute Gasteiger partial charge is 0.494 e. The molecule has 132 valence electrons. The molecule has 1 atom stereocenters. The van der Waals surface area contributed by atoms with E-state index in [4.69, 9.17) is 26.6 Å². The molecule has 6 heteroatoms. The SMILES string of the molecule is [B]c1cccc2c1OCC2Oc1ccc(B2OC(C)(C)C(C)(C)O2)cc1. The molecule has 0 amide bonds. The van der Waals surface area contributed by atoms with Gasteiger partial charge in [0.15, 0.2) is 6.10 Å². The first kappa shape index (κ1) is 17.5. The van der Waals surface area contributed by atoms with E-state index in [9.17, 15) is 0 Å². The van der Waals surface area contributed by atoms with Crippen molar-refractivity contribution in [2.75, 3.05) is 6.61 Å². The van der Waals surface area contributed by atoms with E-state index >= 15 is 0 Å². The Hall–Kier alpha value is -1.91. The lowest BCUT2D eigenvalue weighted by molar-refractivity contribution is 0.00578. The van der Waals surface area contributed by atoms with Crippen LogP contribution in [0.15, 0.2) is 42.5 Å². The van der Waals surface area contributed by atoms with E-state index in [0.29, 0.717) is 12.1 Å². The van der Waals surface area contributed by atoms with E-state index in [1.54, 1.807) is 0 Å². The van der Waals surface area contributed by atoms with Crippen LogP contribution in [0.2, 0.25) is 0 Å². The quantitative estimate of drug-likeness (QED) is 0.798. The van der Waals surface area contributed by atoms with Gasteiger partial charge in [0.1, 0.15) is 26.0 Å². The Balaban J connectivity index is 1.48. The van der Waals surface area contributed by atoms with Gasteiger partial charge >= 0.3 is 7.12 Å². The summed E-state index contributed by atoms with van der Waals surface area (Å²) < 4.78 is 23.9. The number of benzene rings is 2. The summed E-state index contributed by atoms with van der Waals surface area (Å²) in [6.45, 7) is 8.66. The molecule has 2 heterocycles. The lowest BCUT2D eigenvalue weighted by Crippen LogP contribution is -2.41. The molecule has 0 bridgehead atoms. The van der Waals surface area contributed by atoms with Crippen molar-refractivity contribution in [3.63, 3.8) is 0 Å². The van der Waals surface area contributed by atoms with Crippen LogP contribution in [-0.4, -0.2) is 32.8 Å². The zero-order valence-electron chi connectivity index (χ0n) is 15.6. The molecule has 4 rings (SSSR count). The Morgan fingerprint density at radius 3 is 2.31 bits per heavy atom. The van der Waals surface area contributed by atoms with Crippen molar-refractivity contribution in [3.05, 3.63) is 48.0 Å². The number of hydrogen-bond acceptors (Lipinski definition) is 4. The summed E-state index contributed by atoms with van der Waals surface area (Å²) in [6, 6.07) is 13.6. The lowest BCUT2D eigenvalue weighted by Gasteiger charge is -2.32. The minimum Gasteiger partial charge on any atom is -0.490 e. The second kappa shape index (κ2) is 6.07. The fraction of sp³-hybridized carbons (Fsp3) is 0.400. The van der Waals surface area contributed by atoms with Gasteiger partial charge in [-0.25, -0.2) is 0 Å².